The molecule has 1 heterocycles. The summed E-state index contributed by atoms with van der Waals surface area (Å²) in [5.41, 5.74) is 10.3. The van der Waals surface area contributed by atoms with Gasteiger partial charge >= 0.3 is 0 Å². The van der Waals surface area contributed by atoms with Crippen LogP contribution in [-0.2, 0) is 0 Å². The zero-order valence-corrected chi connectivity index (χ0v) is 9.05. The number of nitrogens with one attached hydrogen (secondary N) is 1. The van der Waals surface area contributed by atoms with Gasteiger partial charge in [-0.3, -0.25) is 16.3 Å². The summed E-state index contributed by atoms with van der Waals surface area (Å²) in [6, 6.07) is 1.87. The lowest BCUT2D eigenvalue weighted by molar-refractivity contribution is 0.610. The zero-order chi connectivity index (χ0) is 10.4. The standard InChI is InChI=1S/C9H16N4S/c1-2-14-6-9(13-11)7-5-12-4-3-8(7)10/h3-5,9,13H,2,6,11H2,1H3,(H2,10,12). The third-order valence-electron chi connectivity index (χ3n) is 1.95. The summed E-state index contributed by atoms with van der Waals surface area (Å²) in [4.78, 5) is 4.04. The van der Waals surface area contributed by atoms with Crippen LogP contribution in [0.2, 0.25) is 0 Å². The fraction of sp³-hybridized carbons (Fsp3) is 0.444. The SMILES string of the molecule is CCSCC(NN)c1cnccc1N. The summed E-state index contributed by atoms with van der Waals surface area (Å²) in [6.07, 6.45) is 3.44. The maximum atomic E-state index is 5.82. The first-order valence-electron chi connectivity index (χ1n) is 4.52. The Morgan fingerprint density at radius 1 is 1.64 bits per heavy atom. The van der Waals surface area contributed by atoms with Crippen LogP contribution in [0.3, 0.4) is 0 Å². The van der Waals surface area contributed by atoms with E-state index in [0.29, 0.717) is 0 Å². The second-order valence-electron chi connectivity index (χ2n) is 2.88. The van der Waals surface area contributed by atoms with Crippen LogP contribution in [0.25, 0.3) is 0 Å². The van der Waals surface area contributed by atoms with Crippen LogP contribution >= 0.6 is 11.8 Å². The molecular weight excluding hydrogens is 196 g/mol. The van der Waals surface area contributed by atoms with Crippen LogP contribution in [0.15, 0.2) is 18.5 Å². The van der Waals surface area contributed by atoms with Crippen LogP contribution < -0.4 is 17.0 Å². The van der Waals surface area contributed by atoms with Crippen molar-refractivity contribution in [3.63, 3.8) is 0 Å². The average molecular weight is 212 g/mol. The predicted molar refractivity (Wildman–Crippen MR) is 61.7 cm³/mol. The first-order chi connectivity index (χ1) is 6.79. The molecule has 14 heavy (non-hydrogen) atoms. The Morgan fingerprint density at radius 2 is 2.43 bits per heavy atom. The minimum absolute atomic E-state index is 0.0775. The van der Waals surface area contributed by atoms with Gasteiger partial charge in [0.05, 0.1) is 6.04 Å². The smallest absolute Gasteiger partial charge is 0.0585 e. The number of aromatic nitrogens is 1. The molecule has 0 spiro atoms. The third-order valence-corrected chi connectivity index (χ3v) is 2.93. The normalized spacial score (nSPS) is 12.7. The van der Waals surface area contributed by atoms with Gasteiger partial charge in [-0.05, 0) is 11.8 Å². The maximum Gasteiger partial charge on any atom is 0.0585 e. The van der Waals surface area contributed by atoms with E-state index in [-0.39, 0.29) is 6.04 Å². The van der Waals surface area contributed by atoms with Crippen LogP contribution in [0.4, 0.5) is 5.69 Å². The largest absolute Gasteiger partial charge is 0.398 e. The van der Waals surface area contributed by atoms with Gasteiger partial charge in [0.25, 0.3) is 0 Å². The van der Waals surface area contributed by atoms with Gasteiger partial charge in [0.15, 0.2) is 0 Å². The lowest BCUT2D eigenvalue weighted by Gasteiger charge is -2.16. The Bertz CT molecular complexity index is 279. The molecule has 0 fully saturated rings. The molecule has 1 unspecified atom stereocenters. The summed E-state index contributed by atoms with van der Waals surface area (Å²) in [6.45, 7) is 2.12. The van der Waals surface area contributed by atoms with Crippen molar-refractivity contribution < 1.29 is 0 Å². The number of nitrogens with two attached hydrogens (primary N) is 2. The number of pyridine rings is 1. The lowest BCUT2D eigenvalue weighted by Crippen LogP contribution is -2.30. The number of hydrogen-bond acceptors (Lipinski definition) is 5. The van der Waals surface area contributed by atoms with Gasteiger partial charge in [0.1, 0.15) is 0 Å². The van der Waals surface area contributed by atoms with E-state index >= 15 is 0 Å². The second-order valence-corrected chi connectivity index (χ2v) is 4.20. The van der Waals surface area contributed by atoms with Gasteiger partial charge < -0.3 is 5.73 Å². The number of hydrazine groups is 1. The Balaban J connectivity index is 2.73. The van der Waals surface area contributed by atoms with Gasteiger partial charge in [-0.25, -0.2) is 0 Å². The fourth-order valence-electron chi connectivity index (χ4n) is 1.17. The number of nitrogen functional groups attached to an aromatic ring is 1. The second kappa shape index (κ2) is 5.85. The lowest BCUT2D eigenvalue weighted by atomic mass is 10.1. The van der Waals surface area contributed by atoms with Crippen molar-refractivity contribution in [2.24, 2.45) is 5.84 Å². The Morgan fingerprint density at radius 3 is 3.00 bits per heavy atom. The molecule has 0 aliphatic carbocycles. The molecule has 5 heteroatoms. The van der Waals surface area contributed by atoms with Gasteiger partial charge in [-0.2, -0.15) is 11.8 Å². The average Bonchev–Trinajstić information content (AvgIpc) is 2.21. The van der Waals surface area contributed by atoms with E-state index in [1.165, 1.54) is 0 Å². The monoisotopic (exact) mass is 212 g/mol. The number of nitrogens with zero attached hydrogens (tertiary/aromatic N) is 1. The van der Waals surface area contributed by atoms with E-state index in [9.17, 15) is 0 Å². The van der Waals surface area contributed by atoms with E-state index in [1.54, 1.807) is 18.5 Å². The Hall–Kier alpha value is -0.780. The molecule has 0 aliphatic heterocycles. The molecule has 0 saturated carbocycles. The van der Waals surface area contributed by atoms with Crippen LogP contribution in [0.1, 0.15) is 18.5 Å². The van der Waals surface area contributed by atoms with Crippen molar-refractivity contribution in [2.75, 3.05) is 17.2 Å². The van der Waals surface area contributed by atoms with E-state index < -0.39 is 0 Å². The summed E-state index contributed by atoms with van der Waals surface area (Å²) >= 11 is 1.82. The van der Waals surface area contributed by atoms with Crippen LogP contribution in [-0.4, -0.2) is 16.5 Å². The molecular formula is C9H16N4S. The number of anilines is 1. The van der Waals surface area contributed by atoms with Crippen LogP contribution in [0.5, 0.6) is 0 Å². The minimum Gasteiger partial charge on any atom is -0.398 e. The van der Waals surface area contributed by atoms with Crippen molar-refractivity contribution >= 4 is 17.4 Å². The minimum atomic E-state index is 0.0775. The Labute approximate surface area is 88.4 Å². The summed E-state index contributed by atoms with van der Waals surface area (Å²) in [5.74, 6) is 7.44. The molecule has 1 aromatic heterocycles. The summed E-state index contributed by atoms with van der Waals surface area (Å²) in [5, 5.41) is 0. The van der Waals surface area contributed by atoms with Crippen molar-refractivity contribution in [1.29, 1.82) is 0 Å². The first-order valence-corrected chi connectivity index (χ1v) is 5.68. The van der Waals surface area contributed by atoms with Crippen molar-refractivity contribution in [3.8, 4) is 0 Å². The molecule has 0 saturated heterocycles. The number of hydrogen-bond donors (Lipinski definition) is 3. The van der Waals surface area contributed by atoms with Crippen molar-refractivity contribution in [3.05, 3.63) is 24.0 Å². The highest BCUT2D eigenvalue weighted by atomic mass is 32.2. The summed E-state index contributed by atoms with van der Waals surface area (Å²) < 4.78 is 0. The molecule has 78 valence electrons. The summed E-state index contributed by atoms with van der Waals surface area (Å²) in [7, 11) is 0. The molecule has 1 aromatic rings. The zero-order valence-electron chi connectivity index (χ0n) is 8.23. The molecule has 0 bridgehead atoms. The number of thioether (sulfide) groups is 1. The third kappa shape index (κ3) is 2.87. The molecule has 1 atom stereocenters. The first kappa shape index (κ1) is 11.3. The van der Waals surface area contributed by atoms with Crippen molar-refractivity contribution in [1.82, 2.24) is 10.4 Å². The van der Waals surface area contributed by atoms with Crippen LogP contribution in [0, 0.1) is 0 Å². The van der Waals surface area contributed by atoms with Gasteiger partial charge in [-0.1, -0.05) is 6.92 Å². The topological polar surface area (TPSA) is 77.0 Å². The Kier molecular flexibility index (Phi) is 4.72. The van der Waals surface area contributed by atoms with E-state index in [1.807, 2.05) is 11.8 Å². The molecule has 4 nitrogen and oxygen atoms in total. The molecule has 0 radical (unpaired) electrons. The highest BCUT2D eigenvalue weighted by Crippen LogP contribution is 2.21. The molecule has 1 rings (SSSR count). The number of rotatable bonds is 5. The molecule has 0 aromatic carbocycles. The predicted octanol–water partition coefficient (Wildman–Crippen LogP) is 0.921. The fourth-order valence-corrected chi connectivity index (χ4v) is 1.92. The van der Waals surface area contributed by atoms with E-state index in [2.05, 4.69) is 17.3 Å². The van der Waals surface area contributed by atoms with Crippen molar-refractivity contribution in [2.45, 2.75) is 13.0 Å². The highest BCUT2D eigenvalue weighted by molar-refractivity contribution is 7.99. The van der Waals surface area contributed by atoms with E-state index in [0.717, 1.165) is 22.8 Å². The van der Waals surface area contributed by atoms with Gasteiger partial charge in [0.2, 0.25) is 0 Å². The van der Waals surface area contributed by atoms with Gasteiger partial charge in [-0.15, -0.1) is 0 Å². The molecule has 0 aliphatic rings. The van der Waals surface area contributed by atoms with E-state index in [4.69, 9.17) is 11.6 Å². The maximum absolute atomic E-state index is 5.82. The highest BCUT2D eigenvalue weighted by Gasteiger charge is 2.11. The molecule has 0 amide bonds. The van der Waals surface area contributed by atoms with Gasteiger partial charge in [0, 0.05) is 29.4 Å². The molecule has 5 N–H and O–H groups in total. The quantitative estimate of drug-likeness (QED) is 0.500.